The minimum absolute atomic E-state index is 0.0196. The van der Waals surface area contributed by atoms with E-state index in [2.05, 4.69) is 10.6 Å². The molecular formula is C25H22F4N2O3. The van der Waals surface area contributed by atoms with Gasteiger partial charge in [0, 0.05) is 5.69 Å². The van der Waals surface area contributed by atoms with Gasteiger partial charge in [-0.25, -0.2) is 4.39 Å². The Bertz CT molecular complexity index is 1210. The van der Waals surface area contributed by atoms with E-state index in [-0.39, 0.29) is 24.3 Å². The summed E-state index contributed by atoms with van der Waals surface area (Å²) in [7, 11) is 0. The van der Waals surface area contributed by atoms with Crippen LogP contribution in [0.1, 0.15) is 33.5 Å². The van der Waals surface area contributed by atoms with Crippen molar-refractivity contribution in [2.45, 2.75) is 26.4 Å². The van der Waals surface area contributed by atoms with Crippen LogP contribution in [0.5, 0.6) is 5.75 Å². The van der Waals surface area contributed by atoms with Crippen LogP contribution in [0.4, 0.5) is 28.9 Å². The van der Waals surface area contributed by atoms with E-state index in [1.54, 1.807) is 12.1 Å². The van der Waals surface area contributed by atoms with Gasteiger partial charge < -0.3 is 15.4 Å². The van der Waals surface area contributed by atoms with E-state index in [0.29, 0.717) is 11.8 Å². The molecule has 0 radical (unpaired) electrons. The Hall–Kier alpha value is -3.88. The Balaban J connectivity index is 1.69. The molecule has 5 nitrogen and oxygen atoms in total. The average molecular weight is 474 g/mol. The summed E-state index contributed by atoms with van der Waals surface area (Å²) in [6.45, 7) is 3.76. The number of aryl methyl sites for hydroxylation is 1. The van der Waals surface area contributed by atoms with Gasteiger partial charge in [-0.2, -0.15) is 13.2 Å². The third kappa shape index (κ3) is 6.12. The molecule has 3 aromatic carbocycles. The number of rotatable bonds is 7. The lowest BCUT2D eigenvalue weighted by Gasteiger charge is -2.16. The molecule has 0 fully saturated rings. The average Bonchev–Trinajstić information content (AvgIpc) is 2.77. The van der Waals surface area contributed by atoms with E-state index in [1.807, 2.05) is 19.9 Å². The van der Waals surface area contributed by atoms with E-state index in [0.717, 1.165) is 23.3 Å². The number of benzene rings is 3. The normalized spacial score (nSPS) is 11.1. The van der Waals surface area contributed by atoms with Crippen molar-refractivity contribution >= 4 is 23.2 Å². The summed E-state index contributed by atoms with van der Waals surface area (Å²) in [6, 6.07) is 13.5. The zero-order valence-corrected chi connectivity index (χ0v) is 18.4. The molecular weight excluding hydrogens is 452 g/mol. The Kier molecular flexibility index (Phi) is 7.55. The fourth-order valence-electron chi connectivity index (χ4n) is 3.16. The molecule has 178 valence electrons. The molecule has 0 atom stereocenters. The number of anilines is 2. The summed E-state index contributed by atoms with van der Waals surface area (Å²) >= 11 is 0. The number of hydrogen-bond donors (Lipinski definition) is 2. The number of nitrogens with one attached hydrogen (secondary N) is 2. The Morgan fingerprint density at radius 2 is 1.68 bits per heavy atom. The molecule has 0 aliphatic carbocycles. The third-order valence-electron chi connectivity index (χ3n) is 5.12. The molecule has 0 heterocycles. The second-order valence-corrected chi connectivity index (χ2v) is 7.54. The second kappa shape index (κ2) is 10.4. The highest BCUT2D eigenvalue weighted by molar-refractivity contribution is 6.04. The first-order chi connectivity index (χ1) is 16.1. The minimum Gasteiger partial charge on any atom is -0.493 e. The lowest BCUT2D eigenvalue weighted by atomic mass is 10.1. The van der Waals surface area contributed by atoms with Crippen molar-refractivity contribution in [2.24, 2.45) is 0 Å². The van der Waals surface area contributed by atoms with Crippen molar-refractivity contribution in [1.29, 1.82) is 0 Å². The molecule has 0 bridgehead atoms. The van der Waals surface area contributed by atoms with Gasteiger partial charge >= 0.3 is 6.18 Å². The lowest BCUT2D eigenvalue weighted by Crippen LogP contribution is -2.19. The minimum atomic E-state index is -4.81. The Labute approximate surface area is 193 Å². The first-order valence-corrected chi connectivity index (χ1v) is 10.3. The van der Waals surface area contributed by atoms with Gasteiger partial charge in [0.2, 0.25) is 5.91 Å². The van der Waals surface area contributed by atoms with Gasteiger partial charge in [-0.3, -0.25) is 9.59 Å². The van der Waals surface area contributed by atoms with E-state index >= 15 is 0 Å². The fourth-order valence-corrected chi connectivity index (χ4v) is 3.16. The number of ether oxygens (including phenoxy) is 1. The summed E-state index contributed by atoms with van der Waals surface area (Å²) in [5, 5.41) is 4.48. The molecule has 0 saturated carbocycles. The summed E-state index contributed by atoms with van der Waals surface area (Å²) in [4.78, 5) is 24.5. The van der Waals surface area contributed by atoms with Crippen molar-refractivity contribution in [2.75, 3.05) is 17.2 Å². The highest BCUT2D eigenvalue weighted by atomic mass is 19.4. The Morgan fingerprint density at radius 3 is 2.38 bits per heavy atom. The Morgan fingerprint density at radius 1 is 0.941 bits per heavy atom. The molecule has 0 spiro atoms. The number of hydrogen-bond acceptors (Lipinski definition) is 3. The van der Waals surface area contributed by atoms with E-state index in [1.165, 1.54) is 24.3 Å². The zero-order chi connectivity index (χ0) is 24.9. The SMILES string of the molecule is Cc1cccc(OCCC(=O)Nc2ccc(NC(=O)c3ccccc3F)cc2C(F)(F)F)c1C. The third-order valence-corrected chi connectivity index (χ3v) is 5.12. The molecule has 9 heteroatoms. The number of carbonyl (C=O) groups is 2. The van der Waals surface area contributed by atoms with Crippen molar-refractivity contribution in [1.82, 2.24) is 0 Å². The number of carbonyl (C=O) groups excluding carboxylic acids is 2. The van der Waals surface area contributed by atoms with Crippen LogP contribution in [-0.4, -0.2) is 18.4 Å². The monoisotopic (exact) mass is 474 g/mol. The van der Waals surface area contributed by atoms with Crippen molar-refractivity contribution < 1.29 is 31.9 Å². The molecule has 0 saturated heterocycles. The van der Waals surface area contributed by atoms with E-state index < -0.39 is 35.1 Å². The summed E-state index contributed by atoms with van der Waals surface area (Å²) in [6.07, 6.45) is -4.98. The summed E-state index contributed by atoms with van der Waals surface area (Å²) < 4.78 is 60.2. The van der Waals surface area contributed by atoms with Crippen LogP contribution in [0.3, 0.4) is 0 Å². The van der Waals surface area contributed by atoms with Gasteiger partial charge in [0.15, 0.2) is 0 Å². The first kappa shape index (κ1) is 24.8. The van der Waals surface area contributed by atoms with Crippen LogP contribution < -0.4 is 15.4 Å². The first-order valence-electron chi connectivity index (χ1n) is 10.3. The van der Waals surface area contributed by atoms with Crippen LogP contribution in [0.2, 0.25) is 0 Å². The quantitative estimate of drug-likeness (QED) is 0.406. The second-order valence-electron chi connectivity index (χ2n) is 7.54. The maximum absolute atomic E-state index is 13.8. The fraction of sp³-hybridized carbons (Fsp3) is 0.200. The molecule has 2 amide bonds. The van der Waals surface area contributed by atoms with Gasteiger partial charge in [0.1, 0.15) is 11.6 Å². The standard InChI is InChI=1S/C25H22F4N2O3/c1-15-6-5-9-22(16(15)2)34-13-12-23(32)31-21-11-10-17(14-19(21)25(27,28)29)30-24(33)18-7-3-4-8-20(18)26/h3-11,14H,12-13H2,1-2H3,(H,30,33)(H,31,32). The number of amides is 2. The maximum atomic E-state index is 13.8. The van der Waals surface area contributed by atoms with Crippen molar-refractivity contribution in [3.05, 3.63) is 88.7 Å². The van der Waals surface area contributed by atoms with Crippen molar-refractivity contribution in [3.8, 4) is 5.75 Å². The van der Waals surface area contributed by atoms with Gasteiger partial charge in [0.25, 0.3) is 5.91 Å². The molecule has 0 aliphatic rings. The summed E-state index contributed by atoms with van der Waals surface area (Å²) in [5.74, 6) is -1.77. The maximum Gasteiger partial charge on any atom is 0.418 e. The zero-order valence-electron chi connectivity index (χ0n) is 18.4. The molecule has 3 rings (SSSR count). The van der Waals surface area contributed by atoms with E-state index in [4.69, 9.17) is 4.74 Å². The molecule has 34 heavy (non-hydrogen) atoms. The predicted molar refractivity (Wildman–Crippen MR) is 120 cm³/mol. The van der Waals surface area contributed by atoms with Gasteiger partial charge in [0.05, 0.1) is 29.8 Å². The molecule has 0 unspecified atom stereocenters. The topological polar surface area (TPSA) is 67.4 Å². The molecule has 0 aromatic heterocycles. The highest BCUT2D eigenvalue weighted by Crippen LogP contribution is 2.37. The van der Waals surface area contributed by atoms with Crippen LogP contribution in [0, 0.1) is 19.7 Å². The molecule has 2 N–H and O–H groups in total. The number of halogens is 4. The van der Waals surface area contributed by atoms with Gasteiger partial charge in [-0.1, -0.05) is 24.3 Å². The van der Waals surface area contributed by atoms with Crippen molar-refractivity contribution in [3.63, 3.8) is 0 Å². The van der Waals surface area contributed by atoms with Gasteiger partial charge in [-0.15, -0.1) is 0 Å². The lowest BCUT2D eigenvalue weighted by molar-refractivity contribution is -0.136. The van der Waals surface area contributed by atoms with Crippen LogP contribution in [0.25, 0.3) is 0 Å². The molecule has 3 aromatic rings. The predicted octanol–water partition coefficient (Wildman–Crippen LogP) is 6.12. The van der Waals surface area contributed by atoms with Crippen LogP contribution >= 0.6 is 0 Å². The molecule has 0 aliphatic heterocycles. The van der Waals surface area contributed by atoms with Crippen LogP contribution in [0.15, 0.2) is 60.7 Å². The van der Waals surface area contributed by atoms with E-state index in [9.17, 15) is 27.2 Å². The smallest absolute Gasteiger partial charge is 0.418 e. The van der Waals surface area contributed by atoms with Crippen LogP contribution in [-0.2, 0) is 11.0 Å². The number of alkyl halides is 3. The largest absolute Gasteiger partial charge is 0.493 e. The van der Waals surface area contributed by atoms with Gasteiger partial charge in [-0.05, 0) is 61.4 Å². The highest BCUT2D eigenvalue weighted by Gasteiger charge is 2.34. The summed E-state index contributed by atoms with van der Waals surface area (Å²) in [5.41, 5.74) is -0.195.